The molecule has 0 spiro atoms. The van der Waals surface area contributed by atoms with Crippen LogP contribution in [0.25, 0.3) is 0 Å². The largest absolute Gasteiger partial charge is 0.485 e. The number of fused-ring (bicyclic) bond motifs is 1. The van der Waals surface area contributed by atoms with Crippen molar-refractivity contribution in [1.29, 1.82) is 0 Å². The molecule has 2 N–H and O–H groups in total. The molecule has 3 aromatic carbocycles. The Labute approximate surface area is 194 Å². The van der Waals surface area contributed by atoms with Gasteiger partial charge in [0.15, 0.2) is 0 Å². The van der Waals surface area contributed by atoms with E-state index in [1.807, 2.05) is 48.1 Å². The fourth-order valence-corrected chi connectivity index (χ4v) is 4.64. The molecule has 1 unspecified atom stereocenters. The summed E-state index contributed by atoms with van der Waals surface area (Å²) in [6.45, 7) is 0.397. The Balaban J connectivity index is 1.46. The molecule has 0 fully saturated rings. The van der Waals surface area contributed by atoms with Gasteiger partial charge in [0.2, 0.25) is 0 Å². The molecular weight excluding hydrogens is 410 g/mol. The molecule has 33 heavy (non-hydrogen) atoms. The van der Waals surface area contributed by atoms with Crippen LogP contribution in [0.2, 0.25) is 0 Å². The Morgan fingerprint density at radius 1 is 0.970 bits per heavy atom. The molecule has 1 aliphatic heterocycles. The molecule has 0 aliphatic carbocycles. The van der Waals surface area contributed by atoms with Crippen LogP contribution >= 0.6 is 0 Å². The second-order valence-electron chi connectivity index (χ2n) is 8.78. The van der Waals surface area contributed by atoms with Gasteiger partial charge in [0.1, 0.15) is 29.5 Å². The number of hydrogen-bond acceptors (Lipinski definition) is 4. The molecular formula is C28H29N3O2. The quantitative estimate of drug-likeness (QED) is 0.461. The maximum absolute atomic E-state index is 6.91. The maximum Gasteiger partial charge on any atom is 0.146 e. The van der Waals surface area contributed by atoms with Gasteiger partial charge in [-0.3, -0.25) is 0 Å². The highest BCUT2D eigenvalue weighted by Gasteiger charge is 2.44. The molecule has 0 saturated heterocycles. The Kier molecular flexibility index (Phi) is 5.88. The molecule has 5 heteroatoms. The Morgan fingerprint density at radius 2 is 1.64 bits per heavy atom. The fourth-order valence-electron chi connectivity index (χ4n) is 4.64. The van der Waals surface area contributed by atoms with Gasteiger partial charge in [-0.25, -0.2) is 4.98 Å². The van der Waals surface area contributed by atoms with Crippen LogP contribution < -0.4 is 15.2 Å². The molecule has 2 heterocycles. The number of benzene rings is 3. The van der Waals surface area contributed by atoms with Crippen LogP contribution in [0.3, 0.4) is 0 Å². The summed E-state index contributed by atoms with van der Waals surface area (Å²) < 4.78 is 14.9. The third-order valence-corrected chi connectivity index (χ3v) is 6.47. The highest BCUT2D eigenvalue weighted by Crippen LogP contribution is 2.41. The molecule has 5 nitrogen and oxygen atoms in total. The van der Waals surface area contributed by atoms with Crippen LogP contribution in [-0.4, -0.2) is 21.2 Å². The minimum atomic E-state index is -0.548. The zero-order chi connectivity index (χ0) is 22.7. The van der Waals surface area contributed by atoms with Crippen molar-refractivity contribution in [2.75, 3.05) is 0 Å². The first kappa shape index (κ1) is 21.3. The van der Waals surface area contributed by atoms with E-state index in [9.17, 15) is 0 Å². The van der Waals surface area contributed by atoms with E-state index in [-0.39, 0.29) is 6.04 Å². The summed E-state index contributed by atoms with van der Waals surface area (Å²) >= 11 is 0. The van der Waals surface area contributed by atoms with Gasteiger partial charge in [0, 0.05) is 43.9 Å². The van der Waals surface area contributed by atoms with Crippen LogP contribution in [0, 0.1) is 0 Å². The monoisotopic (exact) mass is 439 g/mol. The molecule has 0 amide bonds. The van der Waals surface area contributed by atoms with Crippen molar-refractivity contribution < 1.29 is 9.47 Å². The number of aromatic nitrogens is 2. The van der Waals surface area contributed by atoms with Crippen LogP contribution in [0.15, 0.2) is 91.3 Å². The van der Waals surface area contributed by atoms with E-state index in [0.717, 1.165) is 35.7 Å². The summed E-state index contributed by atoms with van der Waals surface area (Å²) in [5.41, 5.74) is 9.82. The summed E-state index contributed by atoms with van der Waals surface area (Å²) in [6, 6.07) is 26.7. The molecule has 0 saturated carbocycles. The topological polar surface area (TPSA) is 62.3 Å². The van der Waals surface area contributed by atoms with Gasteiger partial charge in [-0.05, 0) is 29.7 Å². The van der Waals surface area contributed by atoms with Crippen LogP contribution in [0.5, 0.6) is 11.5 Å². The summed E-state index contributed by atoms with van der Waals surface area (Å²) in [6.07, 6.45) is 5.86. The standard InChI is InChI=1S/C28H29N3O2/c1-31-16-15-30-27(31)20-32-24-13-8-14-25-23(24)17-26(29)28(33-25,18-21-9-4-2-5-10-21)19-22-11-6-3-7-12-22/h2-16,26H,17-20,29H2,1H3. The van der Waals surface area contributed by atoms with E-state index in [4.69, 9.17) is 15.2 Å². The second-order valence-corrected chi connectivity index (χ2v) is 8.78. The predicted octanol–water partition coefficient (Wildman–Crippen LogP) is 4.49. The molecule has 4 aromatic rings. The molecule has 1 aromatic heterocycles. The average Bonchev–Trinajstić information content (AvgIpc) is 3.24. The Hall–Kier alpha value is -3.57. The number of nitrogens with zero attached hydrogens (tertiary/aromatic N) is 2. The average molecular weight is 440 g/mol. The van der Waals surface area contributed by atoms with Gasteiger partial charge >= 0.3 is 0 Å². The molecule has 5 rings (SSSR count). The zero-order valence-electron chi connectivity index (χ0n) is 18.9. The third kappa shape index (κ3) is 4.50. The lowest BCUT2D eigenvalue weighted by atomic mass is 9.77. The first-order chi connectivity index (χ1) is 16.1. The van der Waals surface area contributed by atoms with Gasteiger partial charge in [-0.15, -0.1) is 0 Å². The normalized spacial score (nSPS) is 16.6. The number of nitrogens with two attached hydrogens (primary N) is 1. The number of imidazole rings is 1. The first-order valence-corrected chi connectivity index (χ1v) is 11.4. The number of hydrogen-bond donors (Lipinski definition) is 1. The number of rotatable bonds is 7. The van der Waals surface area contributed by atoms with Gasteiger partial charge in [0.05, 0.1) is 0 Å². The summed E-state index contributed by atoms with van der Waals surface area (Å²) in [4.78, 5) is 4.36. The lowest BCUT2D eigenvalue weighted by Gasteiger charge is -2.44. The fraction of sp³-hybridized carbons (Fsp3) is 0.250. The van der Waals surface area contributed by atoms with E-state index in [1.165, 1.54) is 11.1 Å². The van der Waals surface area contributed by atoms with Crippen molar-refractivity contribution in [1.82, 2.24) is 9.55 Å². The Bertz CT molecular complexity index is 1160. The molecule has 168 valence electrons. The Morgan fingerprint density at radius 3 is 2.24 bits per heavy atom. The van der Waals surface area contributed by atoms with Gasteiger partial charge in [0.25, 0.3) is 0 Å². The lowest BCUT2D eigenvalue weighted by molar-refractivity contribution is 0.0264. The second kappa shape index (κ2) is 9.12. The van der Waals surface area contributed by atoms with Crippen molar-refractivity contribution in [2.24, 2.45) is 12.8 Å². The van der Waals surface area contributed by atoms with Crippen molar-refractivity contribution in [2.45, 2.75) is 37.5 Å². The maximum atomic E-state index is 6.91. The minimum absolute atomic E-state index is 0.191. The lowest BCUT2D eigenvalue weighted by Crippen LogP contribution is -2.58. The van der Waals surface area contributed by atoms with Crippen molar-refractivity contribution in [3.05, 3.63) is 114 Å². The van der Waals surface area contributed by atoms with Crippen molar-refractivity contribution >= 4 is 0 Å². The highest BCUT2D eigenvalue weighted by atomic mass is 16.5. The molecule has 1 atom stereocenters. The SMILES string of the molecule is Cn1ccnc1COc1cccc2c1CC(N)C(Cc1ccccc1)(Cc1ccccc1)O2. The van der Waals surface area contributed by atoms with E-state index in [0.29, 0.717) is 13.0 Å². The van der Waals surface area contributed by atoms with Crippen molar-refractivity contribution in [3.8, 4) is 11.5 Å². The predicted molar refractivity (Wildman–Crippen MR) is 129 cm³/mol. The number of aryl methyl sites for hydroxylation is 1. The summed E-state index contributed by atoms with van der Waals surface area (Å²) in [5, 5.41) is 0. The number of ether oxygens (including phenoxy) is 2. The zero-order valence-corrected chi connectivity index (χ0v) is 18.9. The van der Waals surface area contributed by atoms with E-state index < -0.39 is 5.60 Å². The minimum Gasteiger partial charge on any atom is -0.485 e. The van der Waals surface area contributed by atoms with E-state index >= 15 is 0 Å². The highest BCUT2D eigenvalue weighted by molar-refractivity contribution is 5.48. The van der Waals surface area contributed by atoms with Crippen LogP contribution in [0.4, 0.5) is 0 Å². The van der Waals surface area contributed by atoms with Gasteiger partial charge in [-0.1, -0.05) is 66.7 Å². The van der Waals surface area contributed by atoms with Crippen LogP contribution in [0.1, 0.15) is 22.5 Å². The first-order valence-electron chi connectivity index (χ1n) is 11.4. The molecule has 0 bridgehead atoms. The molecule has 1 aliphatic rings. The molecule has 0 radical (unpaired) electrons. The van der Waals surface area contributed by atoms with Gasteiger partial charge < -0.3 is 19.8 Å². The summed E-state index contributed by atoms with van der Waals surface area (Å²) in [7, 11) is 1.96. The van der Waals surface area contributed by atoms with E-state index in [2.05, 4.69) is 53.5 Å². The smallest absolute Gasteiger partial charge is 0.146 e. The van der Waals surface area contributed by atoms with Crippen molar-refractivity contribution in [3.63, 3.8) is 0 Å². The van der Waals surface area contributed by atoms with Crippen LogP contribution in [-0.2, 0) is 32.9 Å². The third-order valence-electron chi connectivity index (χ3n) is 6.47. The van der Waals surface area contributed by atoms with E-state index in [1.54, 1.807) is 6.20 Å². The van der Waals surface area contributed by atoms with Gasteiger partial charge in [-0.2, -0.15) is 0 Å². The summed E-state index contributed by atoms with van der Waals surface area (Å²) in [5.74, 6) is 2.52.